The van der Waals surface area contributed by atoms with Gasteiger partial charge in [-0.05, 0) is 5.92 Å². The maximum Gasteiger partial charge on any atom is 0.180 e. The largest absolute Gasteiger partial charge is 0.375 e. The summed E-state index contributed by atoms with van der Waals surface area (Å²) in [4.78, 5) is 4.33. The number of rotatable bonds is 3. The molecule has 1 aromatic heterocycles. The third-order valence-electron chi connectivity index (χ3n) is 2.15. The number of anilines is 1. The van der Waals surface area contributed by atoms with Gasteiger partial charge < -0.3 is 11.5 Å². The lowest BCUT2D eigenvalue weighted by Gasteiger charge is -2.25. The Morgan fingerprint density at radius 2 is 2.31 bits per heavy atom. The maximum absolute atomic E-state index is 14.2. The Morgan fingerprint density at radius 1 is 1.69 bits per heavy atom. The van der Waals surface area contributed by atoms with Crippen LogP contribution in [0.25, 0.3) is 0 Å². The van der Waals surface area contributed by atoms with E-state index < -0.39 is 5.67 Å². The van der Waals surface area contributed by atoms with Crippen LogP contribution in [0.4, 0.5) is 9.52 Å². The molecule has 1 rings (SSSR count). The summed E-state index contributed by atoms with van der Waals surface area (Å²) in [5, 5.41) is 0.381. The Morgan fingerprint density at radius 3 is 2.62 bits per heavy atom. The summed E-state index contributed by atoms with van der Waals surface area (Å²) in [5.41, 5.74) is 9.35. The molecule has 1 unspecified atom stereocenters. The molecule has 1 aromatic rings. The van der Waals surface area contributed by atoms with Gasteiger partial charge in [0, 0.05) is 12.7 Å². The molecule has 0 fully saturated rings. The lowest BCUT2D eigenvalue weighted by atomic mass is 9.91. The number of nitrogen functional groups attached to an aromatic ring is 1. The molecular weight excluding hydrogens is 189 g/mol. The van der Waals surface area contributed by atoms with Gasteiger partial charge in [0.05, 0.1) is 4.88 Å². The minimum atomic E-state index is -1.49. The highest BCUT2D eigenvalue weighted by Gasteiger charge is 2.36. The summed E-state index contributed by atoms with van der Waals surface area (Å²) in [6.45, 7) is 3.55. The van der Waals surface area contributed by atoms with Crippen LogP contribution in [0.5, 0.6) is 0 Å². The Hall–Kier alpha value is -0.680. The SMILES string of the molecule is CC(C)C(F)(CN)c1cnc(N)s1. The Labute approximate surface area is 81.0 Å². The highest BCUT2D eigenvalue weighted by molar-refractivity contribution is 7.15. The van der Waals surface area contributed by atoms with Crippen LogP contribution in [0.15, 0.2) is 6.20 Å². The predicted molar refractivity (Wildman–Crippen MR) is 53.2 cm³/mol. The fraction of sp³-hybridized carbons (Fsp3) is 0.625. The molecular formula is C8H14FN3S. The van der Waals surface area contributed by atoms with Crippen LogP contribution < -0.4 is 11.5 Å². The van der Waals surface area contributed by atoms with Gasteiger partial charge in [-0.2, -0.15) is 0 Å². The number of nitrogens with two attached hydrogens (primary N) is 2. The summed E-state index contributed by atoms with van der Waals surface area (Å²) in [7, 11) is 0. The summed E-state index contributed by atoms with van der Waals surface area (Å²) in [6, 6.07) is 0. The average molecular weight is 203 g/mol. The van der Waals surface area contributed by atoms with Gasteiger partial charge >= 0.3 is 0 Å². The topological polar surface area (TPSA) is 64.9 Å². The average Bonchev–Trinajstić information content (AvgIpc) is 2.50. The van der Waals surface area contributed by atoms with E-state index in [1.165, 1.54) is 6.20 Å². The van der Waals surface area contributed by atoms with E-state index in [9.17, 15) is 4.39 Å². The minimum Gasteiger partial charge on any atom is -0.375 e. The first-order valence-electron chi connectivity index (χ1n) is 4.11. The fourth-order valence-electron chi connectivity index (χ4n) is 1.10. The molecule has 0 aliphatic rings. The first-order valence-corrected chi connectivity index (χ1v) is 4.93. The Bertz CT molecular complexity index is 287. The zero-order valence-electron chi connectivity index (χ0n) is 7.75. The van der Waals surface area contributed by atoms with Crippen molar-refractivity contribution in [3.63, 3.8) is 0 Å². The van der Waals surface area contributed by atoms with Crippen LogP contribution in [0.1, 0.15) is 18.7 Å². The van der Waals surface area contributed by atoms with Crippen LogP contribution in [0.3, 0.4) is 0 Å². The molecule has 3 nitrogen and oxygen atoms in total. The van der Waals surface area contributed by atoms with Crippen molar-refractivity contribution in [1.82, 2.24) is 4.98 Å². The molecule has 1 atom stereocenters. The number of hydrogen-bond donors (Lipinski definition) is 2. The van der Waals surface area contributed by atoms with Crippen molar-refractivity contribution < 1.29 is 4.39 Å². The zero-order valence-corrected chi connectivity index (χ0v) is 8.57. The molecule has 0 saturated heterocycles. The second kappa shape index (κ2) is 3.59. The molecule has 0 aliphatic carbocycles. The lowest BCUT2D eigenvalue weighted by Crippen LogP contribution is -2.34. The first kappa shape index (κ1) is 10.4. The maximum atomic E-state index is 14.2. The predicted octanol–water partition coefficient (Wildman–Crippen LogP) is 1.50. The molecule has 4 N–H and O–H groups in total. The van der Waals surface area contributed by atoms with Crippen molar-refractivity contribution in [1.29, 1.82) is 0 Å². The van der Waals surface area contributed by atoms with E-state index in [0.717, 1.165) is 11.3 Å². The van der Waals surface area contributed by atoms with E-state index in [4.69, 9.17) is 11.5 Å². The van der Waals surface area contributed by atoms with Crippen LogP contribution in [0, 0.1) is 5.92 Å². The van der Waals surface area contributed by atoms with Crippen LogP contribution in [-0.2, 0) is 5.67 Å². The summed E-state index contributed by atoms with van der Waals surface area (Å²) in [5.74, 6) is -0.169. The van der Waals surface area contributed by atoms with Crippen molar-refractivity contribution in [2.45, 2.75) is 19.5 Å². The second-order valence-corrected chi connectivity index (χ2v) is 4.35. The van der Waals surface area contributed by atoms with Gasteiger partial charge in [0.1, 0.15) is 0 Å². The van der Waals surface area contributed by atoms with Gasteiger partial charge in [0.15, 0.2) is 10.8 Å². The van der Waals surface area contributed by atoms with Crippen LogP contribution in [0.2, 0.25) is 0 Å². The Kier molecular flexibility index (Phi) is 2.87. The molecule has 0 bridgehead atoms. The number of hydrogen-bond acceptors (Lipinski definition) is 4. The summed E-state index contributed by atoms with van der Waals surface area (Å²) < 4.78 is 14.2. The number of aromatic nitrogens is 1. The molecule has 0 aliphatic heterocycles. The highest BCUT2D eigenvalue weighted by atomic mass is 32.1. The number of alkyl halides is 1. The van der Waals surface area contributed by atoms with Gasteiger partial charge in [0.2, 0.25) is 0 Å². The smallest absolute Gasteiger partial charge is 0.180 e. The van der Waals surface area contributed by atoms with Gasteiger partial charge in [0.25, 0.3) is 0 Å². The van der Waals surface area contributed by atoms with Crippen LogP contribution >= 0.6 is 11.3 Å². The monoisotopic (exact) mass is 203 g/mol. The standard InChI is InChI=1S/C8H14FN3S/c1-5(2)8(9,4-10)6-3-12-7(11)13-6/h3,5H,4,10H2,1-2H3,(H2,11,12). The lowest BCUT2D eigenvalue weighted by molar-refractivity contribution is 0.113. The van der Waals surface area contributed by atoms with Gasteiger partial charge in [-0.15, -0.1) is 0 Å². The minimum absolute atomic E-state index is 0.0354. The summed E-state index contributed by atoms with van der Waals surface area (Å²) >= 11 is 1.16. The molecule has 5 heteroatoms. The first-order chi connectivity index (χ1) is 6.00. The van der Waals surface area contributed by atoms with Crippen molar-refractivity contribution in [3.8, 4) is 0 Å². The second-order valence-electron chi connectivity index (χ2n) is 3.28. The molecule has 0 saturated carbocycles. The molecule has 13 heavy (non-hydrogen) atoms. The number of thiazole rings is 1. The quantitative estimate of drug-likeness (QED) is 0.782. The molecule has 0 amide bonds. The van der Waals surface area contributed by atoms with E-state index in [0.29, 0.717) is 10.0 Å². The van der Waals surface area contributed by atoms with E-state index >= 15 is 0 Å². The molecule has 1 heterocycles. The number of halogens is 1. The van der Waals surface area contributed by atoms with E-state index in [2.05, 4.69) is 4.98 Å². The van der Waals surface area contributed by atoms with Crippen molar-refractivity contribution >= 4 is 16.5 Å². The third kappa shape index (κ3) is 1.81. The van der Waals surface area contributed by atoms with E-state index in [-0.39, 0.29) is 12.5 Å². The van der Waals surface area contributed by atoms with Gasteiger partial charge in [-0.3, -0.25) is 0 Å². The molecule has 0 spiro atoms. The summed E-state index contributed by atoms with van der Waals surface area (Å²) in [6.07, 6.45) is 1.47. The molecule has 74 valence electrons. The van der Waals surface area contributed by atoms with Gasteiger partial charge in [-0.1, -0.05) is 25.2 Å². The fourth-order valence-corrected chi connectivity index (χ4v) is 2.03. The van der Waals surface area contributed by atoms with Crippen molar-refractivity contribution in [2.24, 2.45) is 11.7 Å². The molecule has 0 radical (unpaired) electrons. The Balaban J connectivity index is 3.02. The normalized spacial score (nSPS) is 16.1. The van der Waals surface area contributed by atoms with Crippen molar-refractivity contribution in [2.75, 3.05) is 12.3 Å². The molecule has 0 aromatic carbocycles. The van der Waals surface area contributed by atoms with E-state index in [1.807, 2.05) is 0 Å². The van der Waals surface area contributed by atoms with E-state index in [1.54, 1.807) is 13.8 Å². The zero-order chi connectivity index (χ0) is 10.1. The van der Waals surface area contributed by atoms with Crippen molar-refractivity contribution in [3.05, 3.63) is 11.1 Å². The highest BCUT2D eigenvalue weighted by Crippen LogP contribution is 2.36. The van der Waals surface area contributed by atoms with Gasteiger partial charge in [-0.25, -0.2) is 9.37 Å². The number of nitrogens with zero attached hydrogens (tertiary/aromatic N) is 1. The van der Waals surface area contributed by atoms with Crippen LogP contribution in [-0.4, -0.2) is 11.5 Å². The third-order valence-corrected chi connectivity index (χ3v) is 3.12.